The first-order chi connectivity index (χ1) is 14.0. The lowest BCUT2D eigenvalue weighted by Gasteiger charge is -2.15. The van der Waals surface area contributed by atoms with Gasteiger partial charge in [-0.2, -0.15) is 0 Å². The van der Waals surface area contributed by atoms with Crippen LogP contribution in [0.25, 0.3) is 0 Å². The molecule has 144 valence electrons. The van der Waals surface area contributed by atoms with E-state index in [0.717, 1.165) is 25.5 Å². The first-order valence-electron chi connectivity index (χ1n) is 8.86. The van der Waals surface area contributed by atoms with Gasteiger partial charge in [0.1, 0.15) is 6.54 Å². The fourth-order valence-corrected chi connectivity index (χ4v) is 3.96. The van der Waals surface area contributed by atoms with Crippen molar-refractivity contribution < 1.29 is 8.42 Å². The van der Waals surface area contributed by atoms with E-state index in [1.807, 2.05) is 61.5 Å². The molecule has 0 bridgehead atoms. The van der Waals surface area contributed by atoms with Gasteiger partial charge >= 0.3 is 0 Å². The highest BCUT2D eigenvalue weighted by Gasteiger charge is 2.21. The molecular formula is C24H18BrNO2S. The molecule has 0 atom stereocenters. The largest absolute Gasteiger partial charge is 0.271 e. The minimum Gasteiger partial charge on any atom is -0.212 e. The standard InChI is InChI=1S/C24H18BrNO2S/c1-20-13-15-23(16-14-20)29(27,28)26(19-17-21-8-3-2-4-9-21)18-7-11-22-10-5-6-12-24(22)25/h2-6,8-10,12-16H,18H2,1H3. The maximum Gasteiger partial charge on any atom is 0.271 e. The summed E-state index contributed by atoms with van der Waals surface area (Å²) in [6, 6.07) is 26.3. The van der Waals surface area contributed by atoms with Crippen LogP contribution in [0, 0.1) is 30.7 Å². The van der Waals surface area contributed by atoms with Gasteiger partial charge in [0.05, 0.1) is 4.90 Å². The van der Waals surface area contributed by atoms with Crippen molar-refractivity contribution in [3.63, 3.8) is 0 Å². The summed E-state index contributed by atoms with van der Waals surface area (Å²) in [6.07, 6.45) is 0. The Morgan fingerprint density at radius 3 is 2.21 bits per heavy atom. The Morgan fingerprint density at radius 1 is 0.862 bits per heavy atom. The molecular weight excluding hydrogens is 446 g/mol. The van der Waals surface area contributed by atoms with Crippen LogP contribution in [0.1, 0.15) is 16.7 Å². The fourth-order valence-electron chi connectivity index (χ4n) is 2.44. The van der Waals surface area contributed by atoms with Gasteiger partial charge in [0.2, 0.25) is 0 Å². The van der Waals surface area contributed by atoms with Crippen LogP contribution in [0.4, 0.5) is 0 Å². The average Bonchev–Trinajstić information content (AvgIpc) is 2.72. The second kappa shape index (κ2) is 9.47. The fraction of sp³-hybridized carbons (Fsp3) is 0.0833. The number of halogens is 1. The second-order valence-corrected chi connectivity index (χ2v) is 8.93. The molecule has 0 radical (unpaired) electrons. The molecule has 29 heavy (non-hydrogen) atoms. The third-order valence-corrected chi connectivity index (χ3v) is 6.39. The summed E-state index contributed by atoms with van der Waals surface area (Å²) in [7, 11) is -3.81. The van der Waals surface area contributed by atoms with Crippen molar-refractivity contribution in [1.82, 2.24) is 4.31 Å². The van der Waals surface area contributed by atoms with Crippen LogP contribution in [-0.4, -0.2) is 19.3 Å². The maximum absolute atomic E-state index is 13.1. The second-order valence-electron chi connectivity index (χ2n) is 6.21. The van der Waals surface area contributed by atoms with Gasteiger partial charge in [-0.1, -0.05) is 59.9 Å². The third kappa shape index (κ3) is 5.51. The van der Waals surface area contributed by atoms with Crippen molar-refractivity contribution in [2.45, 2.75) is 11.8 Å². The van der Waals surface area contributed by atoms with Crippen LogP contribution in [0.5, 0.6) is 0 Å². The van der Waals surface area contributed by atoms with Crippen LogP contribution >= 0.6 is 15.9 Å². The molecule has 0 aliphatic carbocycles. The van der Waals surface area contributed by atoms with Crippen molar-refractivity contribution in [3.8, 4) is 23.8 Å². The summed E-state index contributed by atoms with van der Waals surface area (Å²) < 4.78 is 28.2. The van der Waals surface area contributed by atoms with Gasteiger partial charge in [-0.3, -0.25) is 0 Å². The smallest absolute Gasteiger partial charge is 0.212 e. The predicted octanol–water partition coefficient (Wildman–Crippen LogP) is 4.81. The molecule has 0 saturated heterocycles. The summed E-state index contributed by atoms with van der Waals surface area (Å²) >= 11 is 3.45. The highest BCUT2D eigenvalue weighted by atomic mass is 79.9. The maximum atomic E-state index is 13.1. The Kier molecular flexibility index (Phi) is 6.77. The van der Waals surface area contributed by atoms with E-state index in [2.05, 4.69) is 39.7 Å². The lowest BCUT2D eigenvalue weighted by molar-refractivity contribution is 0.535. The highest BCUT2D eigenvalue weighted by Crippen LogP contribution is 2.17. The zero-order valence-electron chi connectivity index (χ0n) is 15.8. The van der Waals surface area contributed by atoms with E-state index in [0.29, 0.717) is 0 Å². The molecule has 3 aromatic carbocycles. The van der Waals surface area contributed by atoms with Gasteiger partial charge in [0.25, 0.3) is 10.0 Å². The number of aryl methyl sites for hydroxylation is 1. The van der Waals surface area contributed by atoms with E-state index >= 15 is 0 Å². The molecule has 0 saturated carbocycles. The average molecular weight is 464 g/mol. The number of sulfonamides is 1. The van der Waals surface area contributed by atoms with Crippen LogP contribution < -0.4 is 0 Å². The van der Waals surface area contributed by atoms with Gasteiger partial charge in [-0.25, -0.2) is 12.7 Å². The summed E-state index contributed by atoms with van der Waals surface area (Å²) in [5.74, 6) is 8.85. The molecule has 3 aromatic rings. The van der Waals surface area contributed by atoms with Crippen LogP contribution in [0.15, 0.2) is 88.2 Å². The summed E-state index contributed by atoms with van der Waals surface area (Å²) in [5, 5.41) is 0. The Bertz CT molecular complexity index is 1210. The van der Waals surface area contributed by atoms with E-state index in [1.54, 1.807) is 24.3 Å². The van der Waals surface area contributed by atoms with Crippen molar-refractivity contribution in [2.75, 3.05) is 6.54 Å². The monoisotopic (exact) mass is 463 g/mol. The number of nitrogens with zero attached hydrogens (tertiary/aromatic N) is 1. The normalized spacial score (nSPS) is 10.3. The van der Waals surface area contributed by atoms with E-state index < -0.39 is 10.0 Å². The minimum atomic E-state index is -3.81. The van der Waals surface area contributed by atoms with E-state index in [1.165, 1.54) is 0 Å². The zero-order valence-corrected chi connectivity index (χ0v) is 18.2. The Morgan fingerprint density at radius 2 is 1.52 bits per heavy atom. The Labute approximate surface area is 180 Å². The number of rotatable bonds is 3. The van der Waals surface area contributed by atoms with E-state index in [-0.39, 0.29) is 11.4 Å². The molecule has 0 aromatic heterocycles. The molecule has 0 aliphatic rings. The van der Waals surface area contributed by atoms with Gasteiger partial charge in [-0.05, 0) is 65.2 Å². The highest BCUT2D eigenvalue weighted by molar-refractivity contribution is 9.10. The first-order valence-corrected chi connectivity index (χ1v) is 11.1. The quantitative estimate of drug-likeness (QED) is 0.412. The van der Waals surface area contributed by atoms with E-state index in [9.17, 15) is 8.42 Å². The molecule has 0 heterocycles. The van der Waals surface area contributed by atoms with Gasteiger partial charge in [-0.15, -0.1) is 0 Å². The van der Waals surface area contributed by atoms with Crippen LogP contribution in [0.2, 0.25) is 0 Å². The van der Waals surface area contributed by atoms with Gasteiger partial charge < -0.3 is 0 Å². The summed E-state index contributed by atoms with van der Waals surface area (Å²) in [6.45, 7) is 1.87. The molecule has 3 rings (SSSR count). The summed E-state index contributed by atoms with van der Waals surface area (Å²) in [4.78, 5) is 0.188. The van der Waals surface area contributed by atoms with Crippen molar-refractivity contribution >= 4 is 26.0 Å². The lowest BCUT2D eigenvalue weighted by atomic mass is 10.2. The number of hydrogen-bond acceptors (Lipinski definition) is 2. The van der Waals surface area contributed by atoms with Crippen LogP contribution in [0.3, 0.4) is 0 Å². The molecule has 0 amide bonds. The topological polar surface area (TPSA) is 37.4 Å². The molecule has 0 N–H and O–H groups in total. The Balaban J connectivity index is 1.95. The summed E-state index contributed by atoms with van der Waals surface area (Å²) in [5.41, 5.74) is 2.51. The molecule has 5 heteroatoms. The van der Waals surface area contributed by atoms with Crippen molar-refractivity contribution in [1.29, 1.82) is 0 Å². The number of hydrogen-bond donors (Lipinski definition) is 0. The predicted molar refractivity (Wildman–Crippen MR) is 119 cm³/mol. The van der Waals surface area contributed by atoms with Crippen molar-refractivity contribution in [3.05, 3.63) is 100 Å². The number of benzene rings is 3. The molecule has 3 nitrogen and oxygen atoms in total. The molecule has 0 aliphatic heterocycles. The lowest BCUT2D eigenvalue weighted by Crippen LogP contribution is -2.27. The SMILES string of the molecule is Cc1ccc(S(=O)(=O)N(C#Cc2ccccc2)CC#Cc2ccccc2Br)cc1. The van der Waals surface area contributed by atoms with Gasteiger partial charge in [0.15, 0.2) is 0 Å². The minimum absolute atomic E-state index is 0.0443. The first kappa shape index (κ1) is 20.7. The van der Waals surface area contributed by atoms with E-state index in [4.69, 9.17) is 0 Å². The molecule has 0 fully saturated rings. The van der Waals surface area contributed by atoms with Gasteiger partial charge in [0, 0.05) is 21.6 Å². The zero-order chi connectivity index (χ0) is 20.7. The van der Waals surface area contributed by atoms with Crippen LogP contribution in [-0.2, 0) is 10.0 Å². The molecule has 0 spiro atoms. The Hall–Kier alpha value is -2.99. The third-order valence-electron chi connectivity index (χ3n) is 4.03. The molecule has 0 unspecified atom stereocenters. The van der Waals surface area contributed by atoms with Crippen molar-refractivity contribution in [2.24, 2.45) is 0 Å².